The summed E-state index contributed by atoms with van der Waals surface area (Å²) in [6, 6.07) is 46.4. The second kappa shape index (κ2) is 22.5. The average Bonchev–Trinajstić information content (AvgIpc) is 3.26. The maximum Gasteiger partial charge on any atom is 0.271 e. The highest BCUT2D eigenvalue weighted by atomic mass is 16.5. The van der Waals surface area contributed by atoms with E-state index < -0.39 is 0 Å². The van der Waals surface area contributed by atoms with Gasteiger partial charge in [-0.15, -0.1) is 0 Å². The zero-order valence-corrected chi connectivity index (χ0v) is 36.5. The Bertz CT molecular complexity index is 2350. The first-order valence-electron chi connectivity index (χ1n) is 20.1. The van der Waals surface area contributed by atoms with Gasteiger partial charge in [-0.25, -0.2) is 11.3 Å². The SMILES string of the molecule is CC(C)(C)c1ccc(C(=O)NN)cc1.Cc1cc(/C=N/NC(=O)c2ccc(C(C)(C)C)cc2)ccc1OCc1ccccc1.Cc1cc(C=O)ccc1OCc1ccccc1. The maximum absolute atomic E-state index is 12.3. The Labute approximate surface area is 361 Å². The lowest BCUT2D eigenvalue weighted by molar-refractivity contribution is 0.0946. The minimum absolute atomic E-state index is 0.0575. The summed E-state index contributed by atoms with van der Waals surface area (Å²) < 4.78 is 11.6. The number of benzene rings is 6. The van der Waals surface area contributed by atoms with Crippen LogP contribution in [0.1, 0.15) is 112 Å². The molecule has 0 aliphatic heterocycles. The molecule has 0 radical (unpaired) electrons. The number of hydrazone groups is 1. The van der Waals surface area contributed by atoms with Gasteiger partial charge < -0.3 is 9.47 Å². The van der Waals surface area contributed by atoms with E-state index in [1.165, 1.54) is 11.1 Å². The van der Waals surface area contributed by atoms with Crippen molar-refractivity contribution in [1.82, 2.24) is 10.9 Å². The van der Waals surface area contributed by atoms with Crippen molar-refractivity contribution < 1.29 is 23.9 Å². The number of hydrogen-bond donors (Lipinski definition) is 3. The molecule has 9 heteroatoms. The Morgan fingerprint density at radius 3 is 1.38 bits per heavy atom. The van der Waals surface area contributed by atoms with Crippen LogP contribution in [-0.2, 0) is 24.0 Å². The van der Waals surface area contributed by atoms with Crippen molar-refractivity contribution in [2.75, 3.05) is 0 Å². The third-order valence-corrected chi connectivity index (χ3v) is 9.55. The van der Waals surface area contributed by atoms with Crippen molar-refractivity contribution in [3.8, 4) is 11.5 Å². The van der Waals surface area contributed by atoms with Crippen LogP contribution in [0, 0.1) is 13.8 Å². The number of aldehydes is 1. The molecule has 6 rings (SSSR count). The van der Waals surface area contributed by atoms with E-state index in [1.54, 1.807) is 24.4 Å². The second-order valence-corrected chi connectivity index (χ2v) is 16.5. The van der Waals surface area contributed by atoms with Gasteiger partial charge in [0.1, 0.15) is 31.0 Å². The molecule has 6 aromatic rings. The van der Waals surface area contributed by atoms with Crippen LogP contribution in [0.5, 0.6) is 11.5 Å². The molecule has 0 aliphatic carbocycles. The van der Waals surface area contributed by atoms with Crippen LogP contribution >= 0.6 is 0 Å². The number of rotatable bonds is 11. The van der Waals surface area contributed by atoms with Crippen LogP contribution in [-0.4, -0.2) is 24.3 Å². The van der Waals surface area contributed by atoms with Gasteiger partial charge >= 0.3 is 0 Å². The lowest BCUT2D eigenvalue weighted by Crippen LogP contribution is -2.30. The number of ether oxygens (including phenoxy) is 2. The summed E-state index contributed by atoms with van der Waals surface area (Å²) >= 11 is 0. The summed E-state index contributed by atoms with van der Waals surface area (Å²) in [5.74, 6) is 6.19. The van der Waals surface area contributed by atoms with Crippen molar-refractivity contribution in [3.05, 3.63) is 201 Å². The van der Waals surface area contributed by atoms with E-state index in [2.05, 4.69) is 57.5 Å². The molecule has 0 fully saturated rings. The molecular formula is C52H58N4O5. The predicted octanol–water partition coefficient (Wildman–Crippen LogP) is 10.6. The first-order valence-corrected chi connectivity index (χ1v) is 20.1. The van der Waals surface area contributed by atoms with E-state index in [-0.39, 0.29) is 22.6 Å². The van der Waals surface area contributed by atoms with Gasteiger partial charge in [0, 0.05) is 16.7 Å². The monoisotopic (exact) mass is 818 g/mol. The number of nitrogens with one attached hydrogen (secondary N) is 2. The Balaban J connectivity index is 0.000000223. The van der Waals surface area contributed by atoms with Crippen LogP contribution in [0.4, 0.5) is 0 Å². The third kappa shape index (κ3) is 15.4. The summed E-state index contributed by atoms with van der Waals surface area (Å²) in [6.45, 7) is 17.8. The van der Waals surface area contributed by atoms with Crippen LogP contribution in [0.25, 0.3) is 0 Å². The summed E-state index contributed by atoms with van der Waals surface area (Å²) in [4.78, 5) is 34.0. The first-order chi connectivity index (χ1) is 29.1. The van der Waals surface area contributed by atoms with E-state index in [4.69, 9.17) is 15.3 Å². The molecule has 0 atom stereocenters. The summed E-state index contributed by atoms with van der Waals surface area (Å²) in [5.41, 5.74) is 14.2. The molecule has 0 aromatic heterocycles. The van der Waals surface area contributed by atoms with E-state index in [0.29, 0.717) is 29.9 Å². The molecule has 0 saturated carbocycles. The van der Waals surface area contributed by atoms with Gasteiger partial charge in [-0.2, -0.15) is 5.10 Å². The Kier molecular flexibility index (Phi) is 17.3. The molecule has 0 bridgehead atoms. The summed E-state index contributed by atoms with van der Waals surface area (Å²) in [5, 5.41) is 4.09. The molecule has 2 amide bonds. The van der Waals surface area contributed by atoms with Crippen LogP contribution < -0.4 is 26.2 Å². The normalized spacial score (nSPS) is 11.0. The molecule has 6 aromatic carbocycles. The number of amides is 2. The molecule has 0 heterocycles. The molecule has 316 valence electrons. The number of carbonyl (C=O) groups is 3. The number of nitrogens with two attached hydrogens (primary N) is 1. The van der Waals surface area contributed by atoms with Crippen LogP contribution in [0.15, 0.2) is 151 Å². The molecule has 0 aliphatic rings. The highest BCUT2D eigenvalue weighted by Crippen LogP contribution is 2.24. The van der Waals surface area contributed by atoms with Crippen molar-refractivity contribution in [1.29, 1.82) is 0 Å². The van der Waals surface area contributed by atoms with Crippen molar-refractivity contribution in [2.45, 2.75) is 79.4 Å². The number of carbonyl (C=O) groups excluding carboxylic acids is 3. The molecule has 0 spiro atoms. The molecule has 0 unspecified atom stereocenters. The predicted molar refractivity (Wildman–Crippen MR) is 246 cm³/mol. The molecular weight excluding hydrogens is 761 g/mol. The quantitative estimate of drug-likeness (QED) is 0.0392. The Hall–Kier alpha value is -6.84. The maximum atomic E-state index is 12.3. The van der Waals surface area contributed by atoms with Gasteiger partial charge in [0.2, 0.25) is 0 Å². The minimum Gasteiger partial charge on any atom is -0.489 e. The Morgan fingerprint density at radius 2 is 0.984 bits per heavy atom. The summed E-state index contributed by atoms with van der Waals surface area (Å²) in [6.07, 6.45) is 2.48. The number of hydrazine groups is 1. The smallest absolute Gasteiger partial charge is 0.271 e. The minimum atomic E-state index is -0.259. The Morgan fingerprint density at radius 1 is 0.574 bits per heavy atom. The van der Waals surface area contributed by atoms with Crippen molar-refractivity contribution >= 4 is 24.3 Å². The van der Waals surface area contributed by atoms with E-state index in [9.17, 15) is 14.4 Å². The zero-order valence-electron chi connectivity index (χ0n) is 36.5. The third-order valence-electron chi connectivity index (χ3n) is 9.55. The fourth-order valence-corrected chi connectivity index (χ4v) is 5.85. The van der Waals surface area contributed by atoms with Gasteiger partial charge in [-0.05, 0) is 124 Å². The van der Waals surface area contributed by atoms with Crippen LogP contribution in [0.2, 0.25) is 0 Å². The number of hydrogen-bond acceptors (Lipinski definition) is 7. The average molecular weight is 819 g/mol. The van der Waals surface area contributed by atoms with Gasteiger partial charge in [-0.1, -0.05) is 126 Å². The molecule has 9 nitrogen and oxygen atoms in total. The second-order valence-electron chi connectivity index (χ2n) is 16.5. The lowest BCUT2D eigenvalue weighted by atomic mass is 9.87. The number of nitrogens with zero attached hydrogens (tertiary/aromatic N) is 1. The fourth-order valence-electron chi connectivity index (χ4n) is 5.85. The highest BCUT2D eigenvalue weighted by molar-refractivity contribution is 5.95. The summed E-state index contributed by atoms with van der Waals surface area (Å²) in [7, 11) is 0. The van der Waals surface area contributed by atoms with Gasteiger partial charge in [-0.3, -0.25) is 19.8 Å². The zero-order chi connectivity index (χ0) is 44.4. The van der Waals surface area contributed by atoms with Gasteiger partial charge in [0.15, 0.2) is 0 Å². The fraction of sp³-hybridized carbons (Fsp3) is 0.231. The van der Waals surface area contributed by atoms with Gasteiger partial charge in [0.05, 0.1) is 6.21 Å². The van der Waals surface area contributed by atoms with Crippen molar-refractivity contribution in [2.24, 2.45) is 10.9 Å². The standard InChI is InChI=1S/C26H28N2O2.C15H14O2.C11H16N2O/c1-19-16-21(10-15-24(19)30-18-20-8-6-5-7-9-20)17-27-28-25(29)22-11-13-23(14-12-22)26(2,3)4;1-12-9-14(10-16)7-8-15(12)17-11-13-5-3-2-4-6-13;1-11(2,3)9-6-4-8(5-7-9)10(14)13-12/h5-17H,18H2,1-4H3,(H,28,29);2-10H,11H2,1H3;4-7H,12H2,1-3H3,(H,13,14)/b27-17+;;. The van der Waals surface area contributed by atoms with E-state index in [1.807, 2.05) is 141 Å². The first kappa shape index (κ1) is 46.8. The molecule has 61 heavy (non-hydrogen) atoms. The molecule has 4 N–H and O–H groups in total. The van der Waals surface area contributed by atoms with E-state index in [0.717, 1.165) is 45.6 Å². The van der Waals surface area contributed by atoms with E-state index >= 15 is 0 Å². The lowest BCUT2D eigenvalue weighted by Gasteiger charge is -2.18. The van der Waals surface area contributed by atoms with Gasteiger partial charge in [0.25, 0.3) is 11.8 Å². The topological polar surface area (TPSA) is 132 Å². The van der Waals surface area contributed by atoms with Crippen LogP contribution in [0.3, 0.4) is 0 Å². The largest absolute Gasteiger partial charge is 0.489 e. The van der Waals surface area contributed by atoms with Crippen molar-refractivity contribution in [3.63, 3.8) is 0 Å². The number of nitrogen functional groups attached to an aromatic ring is 1. The highest BCUT2D eigenvalue weighted by Gasteiger charge is 2.15. The molecule has 0 saturated heterocycles. The number of aryl methyl sites for hydroxylation is 2.